The second-order valence-electron chi connectivity index (χ2n) is 6.45. The van der Waals surface area contributed by atoms with Gasteiger partial charge in [0, 0.05) is 34.1 Å². The van der Waals surface area contributed by atoms with Crippen LogP contribution in [0, 0.1) is 0 Å². The van der Waals surface area contributed by atoms with Crippen LogP contribution in [-0.4, -0.2) is 38.2 Å². The van der Waals surface area contributed by atoms with Crippen molar-refractivity contribution < 1.29 is 14.7 Å². The van der Waals surface area contributed by atoms with Crippen molar-refractivity contribution in [2.45, 2.75) is 13.0 Å². The number of carbonyl (C=O) groups is 2. The average molecular weight is 416 g/mol. The van der Waals surface area contributed by atoms with E-state index < -0.39 is 5.97 Å². The summed E-state index contributed by atoms with van der Waals surface area (Å²) in [5.74, 6) is -1.29. The maximum Gasteiger partial charge on any atom is 0.356 e. The van der Waals surface area contributed by atoms with Gasteiger partial charge in [0.05, 0.1) is 17.9 Å². The molecular formula is C20H15Cl2N3O3. The lowest BCUT2D eigenvalue weighted by molar-refractivity contribution is 0.0674. The number of nitrogens with zero attached hydrogens (tertiary/aromatic N) is 3. The van der Waals surface area contributed by atoms with Crippen LogP contribution in [0.5, 0.6) is 0 Å². The van der Waals surface area contributed by atoms with E-state index in [9.17, 15) is 14.7 Å². The molecular weight excluding hydrogens is 401 g/mol. The molecule has 1 N–H and O–H groups in total. The van der Waals surface area contributed by atoms with Crippen molar-refractivity contribution in [3.8, 4) is 5.69 Å². The Kier molecular flexibility index (Phi) is 4.83. The van der Waals surface area contributed by atoms with Gasteiger partial charge in [0.25, 0.3) is 5.91 Å². The van der Waals surface area contributed by atoms with Crippen molar-refractivity contribution in [1.29, 1.82) is 0 Å². The Morgan fingerprint density at radius 3 is 2.18 bits per heavy atom. The zero-order chi connectivity index (χ0) is 19.8. The molecule has 1 amide bonds. The zero-order valence-corrected chi connectivity index (χ0v) is 16.1. The molecule has 0 spiro atoms. The number of hydrogen-bond acceptors (Lipinski definition) is 3. The van der Waals surface area contributed by atoms with Crippen molar-refractivity contribution in [3.05, 3.63) is 81.1 Å². The molecule has 142 valence electrons. The SMILES string of the molecule is O=C(O)c1nn(-c2ccc(Cl)cc2)c2c1CN(C(=O)c1ccc(Cl)cc1)CC2. The fraction of sp³-hybridized carbons (Fsp3) is 0.150. The van der Waals surface area contributed by atoms with Crippen molar-refractivity contribution in [3.63, 3.8) is 0 Å². The van der Waals surface area contributed by atoms with Crippen molar-refractivity contribution >= 4 is 35.1 Å². The Bertz CT molecular complexity index is 1060. The number of aromatic carboxylic acids is 1. The van der Waals surface area contributed by atoms with Crippen molar-refractivity contribution in [1.82, 2.24) is 14.7 Å². The summed E-state index contributed by atoms with van der Waals surface area (Å²) in [6.45, 7) is 0.652. The van der Waals surface area contributed by atoms with E-state index in [0.29, 0.717) is 34.1 Å². The Morgan fingerprint density at radius 1 is 0.964 bits per heavy atom. The minimum Gasteiger partial charge on any atom is -0.476 e. The van der Waals surface area contributed by atoms with E-state index in [1.54, 1.807) is 58.1 Å². The fourth-order valence-corrected chi connectivity index (χ4v) is 3.59. The molecule has 0 saturated carbocycles. The summed E-state index contributed by atoms with van der Waals surface area (Å²) in [5, 5.41) is 15.0. The second kappa shape index (κ2) is 7.30. The number of halogens is 2. The molecule has 1 aliphatic heterocycles. The van der Waals surface area contributed by atoms with Crippen LogP contribution in [0.4, 0.5) is 0 Å². The van der Waals surface area contributed by atoms with E-state index in [1.807, 2.05) is 0 Å². The maximum atomic E-state index is 12.8. The van der Waals surface area contributed by atoms with Gasteiger partial charge in [-0.05, 0) is 48.5 Å². The molecule has 6 nitrogen and oxygen atoms in total. The summed E-state index contributed by atoms with van der Waals surface area (Å²) >= 11 is 11.8. The van der Waals surface area contributed by atoms with E-state index in [0.717, 1.165) is 11.4 Å². The number of carbonyl (C=O) groups excluding carboxylic acids is 1. The Balaban J connectivity index is 1.69. The molecule has 4 rings (SSSR count). The fourth-order valence-electron chi connectivity index (χ4n) is 3.34. The lowest BCUT2D eigenvalue weighted by Crippen LogP contribution is -2.36. The molecule has 1 aliphatic rings. The lowest BCUT2D eigenvalue weighted by Gasteiger charge is -2.28. The lowest BCUT2D eigenvalue weighted by atomic mass is 10.0. The molecule has 28 heavy (non-hydrogen) atoms. The van der Waals surface area contributed by atoms with Gasteiger partial charge in [0.1, 0.15) is 0 Å². The van der Waals surface area contributed by atoms with Crippen LogP contribution in [0.25, 0.3) is 5.69 Å². The topological polar surface area (TPSA) is 75.4 Å². The Hall–Kier alpha value is -2.83. The normalized spacial score (nSPS) is 13.3. The molecule has 0 aliphatic carbocycles. The molecule has 1 aromatic heterocycles. The van der Waals surface area contributed by atoms with Crippen molar-refractivity contribution in [2.75, 3.05) is 6.54 Å². The van der Waals surface area contributed by atoms with Crippen LogP contribution in [0.15, 0.2) is 48.5 Å². The van der Waals surface area contributed by atoms with Gasteiger partial charge in [-0.15, -0.1) is 0 Å². The van der Waals surface area contributed by atoms with Crippen molar-refractivity contribution in [2.24, 2.45) is 0 Å². The number of fused-ring (bicyclic) bond motifs is 1. The molecule has 2 heterocycles. The molecule has 8 heteroatoms. The molecule has 0 fully saturated rings. The van der Waals surface area contributed by atoms with E-state index in [4.69, 9.17) is 23.2 Å². The predicted octanol–water partition coefficient (Wildman–Crippen LogP) is 4.08. The van der Waals surface area contributed by atoms with Gasteiger partial charge < -0.3 is 10.0 Å². The monoisotopic (exact) mass is 415 g/mol. The van der Waals surface area contributed by atoms with E-state index in [1.165, 1.54) is 0 Å². The highest BCUT2D eigenvalue weighted by Crippen LogP contribution is 2.27. The van der Waals surface area contributed by atoms with Crippen LogP contribution >= 0.6 is 23.2 Å². The van der Waals surface area contributed by atoms with E-state index in [2.05, 4.69) is 5.10 Å². The minimum atomic E-state index is -1.12. The first-order valence-electron chi connectivity index (χ1n) is 8.59. The molecule has 3 aromatic rings. The molecule has 0 radical (unpaired) electrons. The maximum absolute atomic E-state index is 12.8. The smallest absolute Gasteiger partial charge is 0.356 e. The van der Waals surface area contributed by atoms with Gasteiger partial charge in [0.15, 0.2) is 5.69 Å². The van der Waals surface area contributed by atoms with Gasteiger partial charge in [0.2, 0.25) is 0 Å². The van der Waals surface area contributed by atoms with Crippen LogP contribution in [0.3, 0.4) is 0 Å². The highest BCUT2D eigenvalue weighted by atomic mass is 35.5. The van der Waals surface area contributed by atoms with Gasteiger partial charge in [-0.25, -0.2) is 9.48 Å². The Morgan fingerprint density at radius 2 is 1.57 bits per heavy atom. The number of carboxylic acids is 1. The van der Waals surface area contributed by atoms with E-state index >= 15 is 0 Å². The van der Waals surface area contributed by atoms with Crippen LogP contribution in [-0.2, 0) is 13.0 Å². The number of amides is 1. The highest BCUT2D eigenvalue weighted by molar-refractivity contribution is 6.30. The predicted molar refractivity (Wildman–Crippen MR) is 105 cm³/mol. The van der Waals surface area contributed by atoms with Gasteiger partial charge >= 0.3 is 5.97 Å². The van der Waals surface area contributed by atoms with Crippen LogP contribution < -0.4 is 0 Å². The third-order valence-electron chi connectivity index (χ3n) is 4.71. The largest absolute Gasteiger partial charge is 0.476 e. The van der Waals surface area contributed by atoms with Gasteiger partial charge in [-0.2, -0.15) is 5.10 Å². The first-order chi connectivity index (χ1) is 13.4. The molecule has 0 unspecified atom stereocenters. The number of carboxylic acid groups (broad SMARTS) is 1. The highest BCUT2D eigenvalue weighted by Gasteiger charge is 2.30. The van der Waals surface area contributed by atoms with Crippen LogP contribution in [0.2, 0.25) is 10.0 Å². The number of aromatic nitrogens is 2. The summed E-state index contributed by atoms with van der Waals surface area (Å²) in [7, 11) is 0. The zero-order valence-electron chi connectivity index (χ0n) is 14.6. The third kappa shape index (κ3) is 3.37. The first kappa shape index (κ1) is 18.5. The average Bonchev–Trinajstić information content (AvgIpc) is 3.08. The Labute approximate surface area is 170 Å². The van der Waals surface area contributed by atoms with E-state index in [-0.39, 0.29) is 18.1 Å². The molecule has 0 atom stereocenters. The summed E-state index contributed by atoms with van der Waals surface area (Å²) in [6.07, 6.45) is 0.498. The molecule has 0 saturated heterocycles. The number of hydrogen-bond donors (Lipinski definition) is 1. The standard InChI is InChI=1S/C20H15Cl2N3O3/c21-13-3-1-12(2-4-13)19(26)24-10-9-17-16(11-24)18(20(27)28)23-25(17)15-7-5-14(22)6-8-15/h1-8H,9-11H2,(H,27,28). The summed E-state index contributed by atoms with van der Waals surface area (Å²) in [5.41, 5.74) is 2.54. The second-order valence-corrected chi connectivity index (χ2v) is 7.32. The minimum absolute atomic E-state index is 0.0430. The molecule has 0 bridgehead atoms. The molecule has 2 aromatic carbocycles. The van der Waals surface area contributed by atoms with Crippen LogP contribution in [0.1, 0.15) is 32.1 Å². The van der Waals surface area contributed by atoms with Gasteiger partial charge in [-0.1, -0.05) is 23.2 Å². The third-order valence-corrected chi connectivity index (χ3v) is 5.21. The quantitative estimate of drug-likeness (QED) is 0.699. The summed E-state index contributed by atoms with van der Waals surface area (Å²) < 4.78 is 1.62. The first-order valence-corrected chi connectivity index (χ1v) is 9.34. The number of benzene rings is 2. The number of rotatable bonds is 3. The summed E-state index contributed by atoms with van der Waals surface area (Å²) in [6, 6.07) is 13.7. The summed E-state index contributed by atoms with van der Waals surface area (Å²) in [4.78, 5) is 26.2. The van der Waals surface area contributed by atoms with Gasteiger partial charge in [-0.3, -0.25) is 4.79 Å².